The van der Waals surface area contributed by atoms with Crippen molar-refractivity contribution in [2.24, 2.45) is 0 Å². The summed E-state index contributed by atoms with van der Waals surface area (Å²) in [5.41, 5.74) is 0.993. The van der Waals surface area contributed by atoms with Gasteiger partial charge in [-0.05, 0) is 30.5 Å². The molecule has 112 valence electrons. The molecule has 4 nitrogen and oxygen atoms in total. The SMILES string of the molecule is CC(C)c1nnc(C2(c3ccc(Br)cc3)CCOCC2)o1. The van der Waals surface area contributed by atoms with Gasteiger partial charge in [-0.15, -0.1) is 10.2 Å². The van der Waals surface area contributed by atoms with Gasteiger partial charge in [-0.2, -0.15) is 0 Å². The summed E-state index contributed by atoms with van der Waals surface area (Å²) in [7, 11) is 0. The fourth-order valence-corrected chi connectivity index (χ4v) is 3.04. The Kier molecular flexibility index (Phi) is 4.13. The number of rotatable bonds is 3. The van der Waals surface area contributed by atoms with E-state index in [0.717, 1.165) is 36.4 Å². The summed E-state index contributed by atoms with van der Waals surface area (Å²) in [6, 6.07) is 8.39. The quantitative estimate of drug-likeness (QED) is 0.837. The van der Waals surface area contributed by atoms with E-state index >= 15 is 0 Å². The van der Waals surface area contributed by atoms with E-state index in [1.165, 1.54) is 5.56 Å². The molecule has 0 saturated carbocycles. The third-order valence-corrected chi connectivity index (χ3v) is 4.62. The number of nitrogens with zero attached hydrogens (tertiary/aromatic N) is 2. The summed E-state index contributed by atoms with van der Waals surface area (Å²) in [5, 5.41) is 8.56. The lowest BCUT2D eigenvalue weighted by atomic mass is 9.74. The van der Waals surface area contributed by atoms with E-state index in [4.69, 9.17) is 9.15 Å². The Balaban J connectivity index is 2.05. The first-order valence-electron chi connectivity index (χ1n) is 7.29. The van der Waals surface area contributed by atoms with E-state index in [1.54, 1.807) is 0 Å². The van der Waals surface area contributed by atoms with Crippen molar-refractivity contribution < 1.29 is 9.15 Å². The molecule has 0 unspecified atom stereocenters. The summed E-state index contributed by atoms with van der Waals surface area (Å²) in [6.45, 7) is 5.56. The molecule has 0 atom stereocenters. The molecule has 1 fully saturated rings. The van der Waals surface area contributed by atoms with E-state index < -0.39 is 0 Å². The number of halogens is 1. The topological polar surface area (TPSA) is 48.2 Å². The van der Waals surface area contributed by atoms with Crippen molar-refractivity contribution in [3.63, 3.8) is 0 Å². The van der Waals surface area contributed by atoms with E-state index in [2.05, 4.69) is 64.2 Å². The molecule has 2 heterocycles. The predicted octanol–water partition coefficient (Wildman–Crippen LogP) is 4.05. The summed E-state index contributed by atoms with van der Waals surface area (Å²) in [5.74, 6) is 1.66. The number of hydrogen-bond donors (Lipinski definition) is 0. The van der Waals surface area contributed by atoms with Crippen LogP contribution in [0.1, 0.15) is 50.0 Å². The van der Waals surface area contributed by atoms with E-state index in [-0.39, 0.29) is 11.3 Å². The fraction of sp³-hybridized carbons (Fsp3) is 0.500. The third-order valence-electron chi connectivity index (χ3n) is 4.09. The number of hydrogen-bond acceptors (Lipinski definition) is 4. The first-order chi connectivity index (χ1) is 10.1. The van der Waals surface area contributed by atoms with E-state index in [9.17, 15) is 0 Å². The van der Waals surface area contributed by atoms with E-state index in [1.807, 2.05) is 0 Å². The molecule has 0 amide bonds. The molecule has 21 heavy (non-hydrogen) atoms. The lowest BCUT2D eigenvalue weighted by Crippen LogP contribution is -2.35. The Morgan fingerprint density at radius 3 is 2.33 bits per heavy atom. The second-order valence-corrected chi connectivity index (χ2v) is 6.72. The zero-order valence-electron chi connectivity index (χ0n) is 12.3. The lowest BCUT2D eigenvalue weighted by Gasteiger charge is -2.34. The van der Waals surface area contributed by atoms with Gasteiger partial charge in [0, 0.05) is 23.6 Å². The minimum atomic E-state index is -0.223. The van der Waals surface area contributed by atoms with Crippen LogP contribution in [0.15, 0.2) is 33.2 Å². The molecule has 1 aromatic carbocycles. The molecule has 0 spiro atoms. The van der Waals surface area contributed by atoms with Gasteiger partial charge in [0.05, 0.1) is 5.41 Å². The Labute approximate surface area is 133 Å². The third kappa shape index (κ3) is 2.77. The highest BCUT2D eigenvalue weighted by molar-refractivity contribution is 9.10. The van der Waals surface area contributed by atoms with Crippen LogP contribution in [0.5, 0.6) is 0 Å². The highest BCUT2D eigenvalue weighted by atomic mass is 79.9. The maximum Gasteiger partial charge on any atom is 0.227 e. The number of aromatic nitrogens is 2. The zero-order chi connectivity index (χ0) is 14.9. The Bertz CT molecular complexity index is 601. The fourth-order valence-electron chi connectivity index (χ4n) is 2.78. The van der Waals surface area contributed by atoms with Gasteiger partial charge in [-0.25, -0.2) is 0 Å². The molecule has 0 N–H and O–H groups in total. The molecule has 0 aliphatic carbocycles. The summed E-state index contributed by atoms with van der Waals surface area (Å²) in [6.07, 6.45) is 1.74. The van der Waals surface area contributed by atoms with Gasteiger partial charge in [-0.1, -0.05) is 41.9 Å². The second kappa shape index (κ2) is 5.89. The van der Waals surface area contributed by atoms with Gasteiger partial charge >= 0.3 is 0 Å². The minimum Gasteiger partial charge on any atom is -0.424 e. The Hall–Kier alpha value is -1.20. The predicted molar refractivity (Wildman–Crippen MR) is 83.4 cm³/mol. The van der Waals surface area contributed by atoms with Gasteiger partial charge in [-0.3, -0.25) is 0 Å². The largest absolute Gasteiger partial charge is 0.424 e. The van der Waals surface area contributed by atoms with Crippen LogP contribution in [-0.2, 0) is 10.2 Å². The average molecular weight is 351 g/mol. The van der Waals surface area contributed by atoms with Crippen LogP contribution in [0.3, 0.4) is 0 Å². The minimum absolute atomic E-state index is 0.223. The molecule has 1 aliphatic rings. The van der Waals surface area contributed by atoms with Crippen LogP contribution >= 0.6 is 15.9 Å². The van der Waals surface area contributed by atoms with Gasteiger partial charge < -0.3 is 9.15 Å². The maximum atomic E-state index is 5.98. The van der Waals surface area contributed by atoms with Crippen molar-refractivity contribution in [3.8, 4) is 0 Å². The highest BCUT2D eigenvalue weighted by Gasteiger charge is 2.41. The zero-order valence-corrected chi connectivity index (χ0v) is 13.9. The van der Waals surface area contributed by atoms with Crippen LogP contribution < -0.4 is 0 Å². The first-order valence-corrected chi connectivity index (χ1v) is 8.09. The van der Waals surface area contributed by atoms with Gasteiger partial charge in [0.15, 0.2) is 0 Å². The molecular weight excluding hydrogens is 332 g/mol. The molecular formula is C16H19BrN2O2. The van der Waals surface area contributed by atoms with Crippen LogP contribution in [0.25, 0.3) is 0 Å². The maximum absolute atomic E-state index is 5.98. The monoisotopic (exact) mass is 350 g/mol. The summed E-state index contributed by atoms with van der Waals surface area (Å²) in [4.78, 5) is 0. The van der Waals surface area contributed by atoms with E-state index in [0.29, 0.717) is 5.89 Å². The highest BCUT2D eigenvalue weighted by Crippen LogP contribution is 2.41. The summed E-state index contributed by atoms with van der Waals surface area (Å²) >= 11 is 3.49. The van der Waals surface area contributed by atoms with Crippen LogP contribution in [-0.4, -0.2) is 23.4 Å². The molecule has 1 aromatic heterocycles. The molecule has 0 radical (unpaired) electrons. The van der Waals surface area contributed by atoms with Crippen molar-refractivity contribution >= 4 is 15.9 Å². The molecule has 3 rings (SSSR count). The lowest BCUT2D eigenvalue weighted by molar-refractivity contribution is 0.0539. The van der Waals surface area contributed by atoms with Crippen molar-refractivity contribution in [1.29, 1.82) is 0 Å². The van der Waals surface area contributed by atoms with Gasteiger partial charge in [0.1, 0.15) is 0 Å². The van der Waals surface area contributed by atoms with Crippen molar-refractivity contribution in [1.82, 2.24) is 10.2 Å². The number of benzene rings is 1. The Morgan fingerprint density at radius 1 is 1.10 bits per heavy atom. The standard InChI is InChI=1S/C16H19BrN2O2/c1-11(2)14-18-19-15(21-14)16(7-9-20-10-8-16)12-3-5-13(17)6-4-12/h3-6,11H,7-10H2,1-2H3. The van der Waals surface area contributed by atoms with Gasteiger partial charge in [0.25, 0.3) is 0 Å². The first kappa shape index (κ1) is 14.7. The van der Waals surface area contributed by atoms with Crippen molar-refractivity contribution in [2.45, 2.75) is 38.0 Å². The number of ether oxygens (including phenoxy) is 1. The Morgan fingerprint density at radius 2 is 1.76 bits per heavy atom. The van der Waals surface area contributed by atoms with Crippen LogP contribution in [0.2, 0.25) is 0 Å². The molecule has 0 bridgehead atoms. The van der Waals surface area contributed by atoms with Crippen LogP contribution in [0.4, 0.5) is 0 Å². The molecule has 5 heteroatoms. The molecule has 2 aromatic rings. The summed E-state index contributed by atoms with van der Waals surface area (Å²) < 4.78 is 12.6. The average Bonchev–Trinajstić information content (AvgIpc) is 2.99. The van der Waals surface area contributed by atoms with Crippen molar-refractivity contribution in [2.75, 3.05) is 13.2 Å². The van der Waals surface area contributed by atoms with Gasteiger partial charge in [0.2, 0.25) is 11.8 Å². The molecule has 1 aliphatic heterocycles. The smallest absolute Gasteiger partial charge is 0.227 e. The van der Waals surface area contributed by atoms with Crippen LogP contribution in [0, 0.1) is 0 Å². The molecule has 1 saturated heterocycles. The second-order valence-electron chi connectivity index (χ2n) is 5.80. The van der Waals surface area contributed by atoms with Crippen molar-refractivity contribution in [3.05, 3.63) is 46.1 Å². The normalized spacial score (nSPS) is 18.1.